The Labute approximate surface area is 188 Å². The number of aryl methyl sites for hydroxylation is 2. The average molecular weight is 526 g/mol. The van der Waals surface area contributed by atoms with Crippen LogP contribution in [-0.2, 0) is 16.7 Å². The zero-order valence-corrected chi connectivity index (χ0v) is 19.0. The van der Waals surface area contributed by atoms with Crippen molar-refractivity contribution in [3.63, 3.8) is 0 Å². The van der Waals surface area contributed by atoms with E-state index in [9.17, 15) is 8.42 Å². The van der Waals surface area contributed by atoms with Gasteiger partial charge in [0.25, 0.3) is 0 Å². The lowest BCUT2D eigenvalue weighted by molar-refractivity contribution is -0.697. The Hall–Kier alpha value is -2.33. The van der Waals surface area contributed by atoms with E-state index in [0.717, 1.165) is 24.2 Å². The van der Waals surface area contributed by atoms with Crippen molar-refractivity contribution in [3.05, 3.63) is 78.6 Å². The Kier molecular flexibility index (Phi) is 8.27. The molecule has 3 rings (SSSR count). The van der Waals surface area contributed by atoms with Gasteiger partial charge in [0.15, 0.2) is 18.9 Å². The van der Waals surface area contributed by atoms with E-state index in [1.54, 1.807) is 30.3 Å². The van der Waals surface area contributed by atoms with E-state index in [1.165, 1.54) is 12.1 Å². The van der Waals surface area contributed by atoms with Gasteiger partial charge < -0.3 is 38.6 Å². The minimum Gasteiger partial charge on any atom is -1.00 e. The van der Waals surface area contributed by atoms with Gasteiger partial charge in [-0.3, -0.25) is 0 Å². The smallest absolute Gasteiger partial charge is 0.339 e. The molecule has 1 heterocycles. The fraction of sp³-hybridized carbons (Fsp3) is 0.190. The lowest BCUT2D eigenvalue weighted by Gasteiger charge is -2.11. The quantitative estimate of drug-likeness (QED) is 0.195. The number of hydrogen-bond acceptors (Lipinski definition) is 5. The number of ether oxygens (including phenoxy) is 1. The van der Waals surface area contributed by atoms with Gasteiger partial charge in [-0.2, -0.15) is 8.42 Å². The number of hydrogen-bond donors (Lipinski definition) is 1. The minimum atomic E-state index is -3.88. The van der Waals surface area contributed by atoms with Crippen LogP contribution in [0.2, 0.25) is 0 Å². The van der Waals surface area contributed by atoms with Crippen LogP contribution in [0.25, 0.3) is 0 Å². The number of halogens is 1. The van der Waals surface area contributed by atoms with E-state index in [-0.39, 0.29) is 34.6 Å². The van der Waals surface area contributed by atoms with Crippen molar-refractivity contribution in [3.8, 4) is 11.5 Å². The number of nitrogens with zero attached hydrogens (tertiary/aromatic N) is 1. The van der Waals surface area contributed by atoms with Crippen LogP contribution in [0.3, 0.4) is 0 Å². The molecule has 2 N–H and O–H groups in total. The fourth-order valence-corrected chi connectivity index (χ4v) is 3.60. The molecule has 0 atom stereocenters. The van der Waals surface area contributed by atoms with E-state index < -0.39 is 10.1 Å². The van der Waals surface area contributed by atoms with Crippen molar-refractivity contribution in [2.24, 2.45) is 0 Å². The molecule has 2 aromatic carbocycles. The monoisotopic (exact) mass is 526 g/mol. The van der Waals surface area contributed by atoms with Crippen LogP contribution in [0.1, 0.15) is 12.0 Å². The molecule has 154 valence electrons. The minimum absolute atomic E-state index is 0. The third kappa shape index (κ3) is 6.90. The molecule has 0 saturated carbocycles. The molecule has 6 nitrogen and oxygen atoms in total. The molecule has 0 bridgehead atoms. The topological polar surface area (TPSA) is 82.5 Å². The summed E-state index contributed by atoms with van der Waals surface area (Å²) in [5.41, 5.74) is 7.25. The second-order valence-electron chi connectivity index (χ2n) is 6.40. The molecule has 0 fully saturated rings. The molecule has 1 aromatic heterocycles. The lowest BCUT2D eigenvalue weighted by Crippen LogP contribution is -3.00. The van der Waals surface area contributed by atoms with Gasteiger partial charge in [0.2, 0.25) is 0 Å². The first-order valence-corrected chi connectivity index (χ1v) is 10.3. The zero-order valence-electron chi connectivity index (χ0n) is 16.0. The van der Waals surface area contributed by atoms with Crippen LogP contribution < -0.4 is 43.2 Å². The molecule has 8 heteroatoms. The van der Waals surface area contributed by atoms with Crippen molar-refractivity contribution in [2.45, 2.75) is 24.8 Å². The first-order valence-electron chi connectivity index (χ1n) is 8.91. The van der Waals surface area contributed by atoms with Gasteiger partial charge in [-0.05, 0) is 36.8 Å². The first kappa shape index (κ1) is 23.0. The molecular weight excluding hydrogens is 503 g/mol. The van der Waals surface area contributed by atoms with Gasteiger partial charge in [0.05, 0.1) is 6.61 Å². The largest absolute Gasteiger partial charge is 1.00 e. The Bertz CT molecular complexity index is 1030. The number of rotatable bonds is 8. The van der Waals surface area contributed by atoms with Gasteiger partial charge in [-0.15, -0.1) is 0 Å². The van der Waals surface area contributed by atoms with Crippen molar-refractivity contribution in [1.82, 2.24) is 0 Å². The average Bonchev–Trinajstić information content (AvgIpc) is 2.66. The summed E-state index contributed by atoms with van der Waals surface area (Å²) in [6, 6.07) is 16.8. The third-order valence-electron chi connectivity index (χ3n) is 4.01. The molecule has 0 aliphatic heterocycles. The van der Waals surface area contributed by atoms with Crippen molar-refractivity contribution < 1.29 is 45.9 Å². The first-order chi connectivity index (χ1) is 13.4. The summed E-state index contributed by atoms with van der Waals surface area (Å²) >= 11 is 0. The molecule has 0 amide bonds. The Morgan fingerprint density at radius 2 is 1.62 bits per heavy atom. The summed E-state index contributed by atoms with van der Waals surface area (Å²) in [6.45, 7) is 3.14. The second kappa shape index (κ2) is 10.4. The lowest BCUT2D eigenvalue weighted by atomic mass is 10.2. The van der Waals surface area contributed by atoms with Gasteiger partial charge in [-0.1, -0.05) is 18.2 Å². The highest BCUT2D eigenvalue weighted by molar-refractivity contribution is 7.87. The van der Waals surface area contributed by atoms with Crippen LogP contribution in [0.5, 0.6) is 11.5 Å². The molecule has 0 saturated heterocycles. The highest BCUT2D eigenvalue weighted by Crippen LogP contribution is 2.25. The number of anilines is 1. The number of aromatic nitrogens is 1. The Balaban J connectivity index is 0.00000300. The van der Waals surface area contributed by atoms with E-state index in [1.807, 2.05) is 42.1 Å². The maximum absolute atomic E-state index is 12.4. The van der Waals surface area contributed by atoms with Crippen molar-refractivity contribution >= 4 is 15.8 Å². The second-order valence-corrected chi connectivity index (χ2v) is 7.95. The van der Waals surface area contributed by atoms with Crippen LogP contribution in [0.15, 0.2) is 78.0 Å². The highest BCUT2D eigenvalue weighted by Gasteiger charge is 2.16. The van der Waals surface area contributed by atoms with Gasteiger partial charge in [-0.25, -0.2) is 4.57 Å². The van der Waals surface area contributed by atoms with Crippen LogP contribution in [0, 0.1) is 6.92 Å². The molecule has 0 unspecified atom stereocenters. The van der Waals surface area contributed by atoms with E-state index in [0.29, 0.717) is 12.4 Å². The van der Waals surface area contributed by atoms with Crippen molar-refractivity contribution in [1.29, 1.82) is 0 Å². The summed E-state index contributed by atoms with van der Waals surface area (Å²) in [6.07, 6.45) is 4.63. The van der Waals surface area contributed by atoms with E-state index >= 15 is 0 Å². The predicted octanol–water partition coefficient (Wildman–Crippen LogP) is 0.106. The van der Waals surface area contributed by atoms with Crippen LogP contribution >= 0.6 is 0 Å². The van der Waals surface area contributed by atoms with Gasteiger partial charge >= 0.3 is 10.1 Å². The normalized spacial score (nSPS) is 10.8. The molecule has 0 radical (unpaired) electrons. The predicted molar refractivity (Wildman–Crippen MR) is 107 cm³/mol. The van der Waals surface area contributed by atoms with Crippen LogP contribution in [-0.4, -0.2) is 15.0 Å². The standard InChI is InChI=1S/C21H22N2O4S.HI/c1-17-14-19(26-13-5-10-23-11-8-18(22)9-12-23)16-20(15-17)27-28(24,25)21-6-3-2-4-7-21;/h2-4,6-9,11-12,14-16,22H,5,10,13H2,1H3;1H. The molecular formula is C21H23IN2O4S. The molecule has 3 aromatic rings. The van der Waals surface area contributed by atoms with Crippen LogP contribution in [0.4, 0.5) is 5.69 Å². The van der Waals surface area contributed by atoms with E-state index in [4.69, 9.17) is 14.7 Å². The summed E-state index contributed by atoms with van der Waals surface area (Å²) in [5.74, 6) is 0.798. The fourth-order valence-electron chi connectivity index (χ4n) is 2.66. The molecule has 0 aliphatic carbocycles. The van der Waals surface area contributed by atoms with Gasteiger partial charge in [0, 0.05) is 30.3 Å². The summed E-state index contributed by atoms with van der Waals surface area (Å²) in [4.78, 5) is 0.111. The highest BCUT2D eigenvalue weighted by atomic mass is 127. The zero-order chi connectivity index (χ0) is 20.0. The number of pyridine rings is 1. The molecule has 29 heavy (non-hydrogen) atoms. The van der Waals surface area contributed by atoms with Gasteiger partial charge in [0.1, 0.15) is 16.4 Å². The molecule has 0 aliphatic rings. The number of nitrogen functional groups attached to an aromatic ring is 1. The Morgan fingerprint density at radius 1 is 0.966 bits per heavy atom. The van der Waals surface area contributed by atoms with E-state index in [2.05, 4.69) is 0 Å². The Morgan fingerprint density at radius 3 is 2.31 bits per heavy atom. The summed E-state index contributed by atoms with van der Waals surface area (Å²) in [7, 11) is -3.88. The SMILES string of the molecule is Cc1cc(OCCC[n+]2ccc(N)cc2)cc(OS(=O)(=O)c2ccccc2)c1.[I-]. The van der Waals surface area contributed by atoms with Crippen molar-refractivity contribution in [2.75, 3.05) is 12.3 Å². The maximum atomic E-state index is 12.4. The summed E-state index contributed by atoms with van der Waals surface area (Å²) in [5, 5.41) is 0. The number of nitrogens with two attached hydrogens (primary N) is 1. The molecule has 0 spiro atoms. The summed E-state index contributed by atoms with van der Waals surface area (Å²) < 4.78 is 37.9. The number of benzene rings is 2. The maximum Gasteiger partial charge on any atom is 0.339 e. The third-order valence-corrected chi connectivity index (χ3v) is 5.27.